The Morgan fingerprint density at radius 3 is 2.57 bits per heavy atom. The van der Waals surface area contributed by atoms with Crippen LogP contribution in [0.4, 0.5) is 5.69 Å². The van der Waals surface area contributed by atoms with Crippen LogP contribution in [0.25, 0.3) is 0 Å². The molecule has 0 spiro atoms. The SMILES string of the molecule is CCC(Sc1nnc(CS(=O)(=O)c2ccccc2)n1C)C(=O)Nc1cccc(Cl)c1. The van der Waals surface area contributed by atoms with E-state index < -0.39 is 15.1 Å². The van der Waals surface area contributed by atoms with Crippen molar-refractivity contribution in [2.45, 2.75) is 34.4 Å². The van der Waals surface area contributed by atoms with Gasteiger partial charge in [-0.25, -0.2) is 8.42 Å². The highest BCUT2D eigenvalue weighted by Crippen LogP contribution is 2.26. The molecule has 1 N–H and O–H groups in total. The van der Waals surface area contributed by atoms with E-state index in [0.29, 0.717) is 28.1 Å². The molecule has 0 aliphatic carbocycles. The maximum Gasteiger partial charge on any atom is 0.237 e. The standard InChI is InChI=1S/C20H21ClN4O3S2/c1-3-17(19(26)22-15-9-7-8-14(21)12-15)29-20-24-23-18(25(20)2)13-30(27,28)16-10-5-4-6-11-16/h4-12,17H,3,13H2,1-2H3,(H,22,26). The summed E-state index contributed by atoms with van der Waals surface area (Å²) >= 11 is 7.20. The Labute approximate surface area is 184 Å². The van der Waals surface area contributed by atoms with Gasteiger partial charge in [-0.1, -0.05) is 54.6 Å². The lowest BCUT2D eigenvalue weighted by Crippen LogP contribution is -2.25. The van der Waals surface area contributed by atoms with Crippen LogP contribution in [-0.4, -0.2) is 34.3 Å². The summed E-state index contributed by atoms with van der Waals surface area (Å²) in [5.74, 6) is -0.148. The van der Waals surface area contributed by atoms with Crippen LogP contribution in [0, 0.1) is 0 Å². The molecule has 0 aliphatic heterocycles. The van der Waals surface area contributed by atoms with Gasteiger partial charge < -0.3 is 9.88 Å². The van der Waals surface area contributed by atoms with Crippen molar-refractivity contribution in [2.24, 2.45) is 7.05 Å². The van der Waals surface area contributed by atoms with Crippen molar-refractivity contribution in [1.29, 1.82) is 0 Å². The van der Waals surface area contributed by atoms with Crippen molar-refractivity contribution in [3.05, 3.63) is 65.4 Å². The number of nitrogens with one attached hydrogen (secondary N) is 1. The molecule has 30 heavy (non-hydrogen) atoms. The van der Waals surface area contributed by atoms with Gasteiger partial charge in [0.1, 0.15) is 11.6 Å². The summed E-state index contributed by atoms with van der Waals surface area (Å²) in [7, 11) is -1.85. The number of anilines is 1. The van der Waals surface area contributed by atoms with E-state index in [1.165, 1.54) is 11.8 Å². The van der Waals surface area contributed by atoms with Gasteiger partial charge in [-0.3, -0.25) is 4.79 Å². The number of halogens is 1. The molecule has 0 bridgehead atoms. The quantitative estimate of drug-likeness (QED) is 0.507. The average Bonchev–Trinajstić information content (AvgIpc) is 3.05. The third-order valence-corrected chi connectivity index (χ3v) is 7.61. The Hall–Kier alpha value is -2.36. The summed E-state index contributed by atoms with van der Waals surface area (Å²) in [6.07, 6.45) is 0.557. The van der Waals surface area contributed by atoms with Crippen LogP contribution < -0.4 is 5.32 Å². The van der Waals surface area contributed by atoms with Crippen LogP contribution >= 0.6 is 23.4 Å². The van der Waals surface area contributed by atoms with E-state index in [4.69, 9.17) is 11.6 Å². The van der Waals surface area contributed by atoms with Crippen LogP contribution in [0.15, 0.2) is 64.6 Å². The number of amides is 1. The molecule has 1 atom stereocenters. The fraction of sp³-hybridized carbons (Fsp3) is 0.250. The molecule has 0 saturated carbocycles. The summed E-state index contributed by atoms with van der Waals surface area (Å²) < 4.78 is 26.8. The van der Waals surface area contributed by atoms with E-state index in [2.05, 4.69) is 15.5 Å². The Bertz CT molecular complexity index is 1130. The monoisotopic (exact) mass is 464 g/mol. The molecule has 158 valence electrons. The van der Waals surface area contributed by atoms with Gasteiger partial charge in [-0.05, 0) is 36.8 Å². The first-order valence-corrected chi connectivity index (χ1v) is 12.1. The van der Waals surface area contributed by atoms with Crippen molar-refractivity contribution < 1.29 is 13.2 Å². The van der Waals surface area contributed by atoms with E-state index in [0.717, 1.165) is 0 Å². The molecule has 1 unspecified atom stereocenters. The molecule has 10 heteroatoms. The van der Waals surface area contributed by atoms with Gasteiger partial charge in [-0.2, -0.15) is 0 Å². The van der Waals surface area contributed by atoms with E-state index in [-0.39, 0.29) is 16.6 Å². The summed E-state index contributed by atoms with van der Waals surface area (Å²) in [4.78, 5) is 12.9. The minimum absolute atomic E-state index is 0.189. The number of sulfone groups is 1. The molecule has 0 saturated heterocycles. The lowest BCUT2D eigenvalue weighted by molar-refractivity contribution is -0.115. The minimum Gasteiger partial charge on any atom is -0.325 e. The minimum atomic E-state index is -3.54. The third kappa shape index (κ3) is 5.41. The largest absolute Gasteiger partial charge is 0.325 e. The van der Waals surface area contributed by atoms with Crippen molar-refractivity contribution in [3.63, 3.8) is 0 Å². The van der Waals surface area contributed by atoms with E-state index in [1.807, 2.05) is 6.92 Å². The second kappa shape index (κ2) is 9.63. The number of aromatic nitrogens is 3. The predicted molar refractivity (Wildman–Crippen MR) is 118 cm³/mol. The molecule has 3 aromatic rings. The molecular formula is C20H21ClN4O3S2. The van der Waals surface area contributed by atoms with Crippen molar-refractivity contribution in [2.75, 3.05) is 5.32 Å². The molecule has 1 amide bonds. The van der Waals surface area contributed by atoms with Crippen LogP contribution in [0.3, 0.4) is 0 Å². The van der Waals surface area contributed by atoms with Crippen LogP contribution in [0.2, 0.25) is 5.02 Å². The van der Waals surface area contributed by atoms with Crippen molar-refractivity contribution >= 4 is 44.8 Å². The zero-order chi connectivity index (χ0) is 21.7. The summed E-state index contributed by atoms with van der Waals surface area (Å²) in [6, 6.07) is 15.1. The summed E-state index contributed by atoms with van der Waals surface area (Å²) in [5, 5.41) is 11.6. The van der Waals surface area contributed by atoms with Gasteiger partial charge in [-0.15, -0.1) is 10.2 Å². The molecular weight excluding hydrogens is 444 g/mol. The number of hydrogen-bond donors (Lipinski definition) is 1. The maximum atomic E-state index is 12.7. The zero-order valence-corrected chi connectivity index (χ0v) is 18.8. The van der Waals surface area contributed by atoms with Crippen LogP contribution in [0.5, 0.6) is 0 Å². The molecule has 0 aliphatic rings. The fourth-order valence-electron chi connectivity index (χ4n) is 2.69. The van der Waals surface area contributed by atoms with Crippen LogP contribution in [-0.2, 0) is 27.4 Å². The smallest absolute Gasteiger partial charge is 0.237 e. The highest BCUT2D eigenvalue weighted by atomic mass is 35.5. The highest BCUT2D eigenvalue weighted by molar-refractivity contribution is 8.00. The number of rotatable bonds is 8. The molecule has 1 heterocycles. The Kier molecular flexibility index (Phi) is 7.17. The number of carbonyl (C=O) groups excluding carboxylic acids is 1. The number of nitrogens with zero attached hydrogens (tertiary/aromatic N) is 3. The average molecular weight is 465 g/mol. The molecule has 0 fully saturated rings. The first-order valence-electron chi connectivity index (χ1n) is 9.19. The van der Waals surface area contributed by atoms with Gasteiger partial charge >= 0.3 is 0 Å². The Morgan fingerprint density at radius 2 is 1.90 bits per heavy atom. The first-order chi connectivity index (χ1) is 14.3. The Morgan fingerprint density at radius 1 is 1.17 bits per heavy atom. The normalized spacial score (nSPS) is 12.5. The van der Waals surface area contributed by atoms with E-state index in [1.54, 1.807) is 66.2 Å². The summed E-state index contributed by atoms with van der Waals surface area (Å²) in [5.41, 5.74) is 0.610. The van der Waals surface area contributed by atoms with Crippen molar-refractivity contribution in [3.8, 4) is 0 Å². The van der Waals surface area contributed by atoms with E-state index >= 15 is 0 Å². The molecule has 0 radical (unpaired) electrons. The number of thioether (sulfide) groups is 1. The van der Waals surface area contributed by atoms with Crippen LogP contribution in [0.1, 0.15) is 19.2 Å². The van der Waals surface area contributed by atoms with Crippen molar-refractivity contribution in [1.82, 2.24) is 14.8 Å². The first kappa shape index (κ1) is 22.3. The number of hydrogen-bond acceptors (Lipinski definition) is 6. The van der Waals surface area contributed by atoms with Gasteiger partial charge in [0, 0.05) is 17.8 Å². The lowest BCUT2D eigenvalue weighted by atomic mass is 10.3. The second-order valence-electron chi connectivity index (χ2n) is 6.54. The van der Waals surface area contributed by atoms with Gasteiger partial charge in [0.05, 0.1) is 10.1 Å². The Balaban J connectivity index is 1.72. The maximum absolute atomic E-state index is 12.7. The molecule has 1 aromatic heterocycles. The molecule has 2 aromatic carbocycles. The predicted octanol–water partition coefficient (Wildman–Crippen LogP) is 3.95. The lowest BCUT2D eigenvalue weighted by Gasteiger charge is -2.14. The van der Waals surface area contributed by atoms with E-state index in [9.17, 15) is 13.2 Å². The molecule has 7 nitrogen and oxygen atoms in total. The fourth-order valence-corrected chi connectivity index (χ4v) is 5.15. The topological polar surface area (TPSA) is 93.9 Å². The number of benzene rings is 2. The second-order valence-corrected chi connectivity index (χ2v) is 10.1. The van der Waals surface area contributed by atoms with Gasteiger partial charge in [0.2, 0.25) is 5.91 Å². The summed E-state index contributed by atoms with van der Waals surface area (Å²) in [6.45, 7) is 1.90. The number of carbonyl (C=O) groups is 1. The van der Waals surface area contributed by atoms with Gasteiger partial charge in [0.25, 0.3) is 0 Å². The third-order valence-electron chi connectivity index (χ3n) is 4.35. The zero-order valence-electron chi connectivity index (χ0n) is 16.4. The highest BCUT2D eigenvalue weighted by Gasteiger charge is 2.24. The van der Waals surface area contributed by atoms with Gasteiger partial charge in [0.15, 0.2) is 15.0 Å². The molecule has 3 rings (SSSR count).